The molecule has 9 heteroatoms. The molecule has 0 aliphatic carbocycles. The Bertz CT molecular complexity index is 725. The van der Waals surface area contributed by atoms with Crippen LogP contribution in [-0.2, 0) is 0 Å². The number of hydrogen-bond donors (Lipinski definition) is 2. The first-order chi connectivity index (χ1) is 10.7. The highest BCUT2D eigenvalue weighted by atomic mass is 32.1. The molecule has 3 N–H and O–H groups in total. The van der Waals surface area contributed by atoms with Gasteiger partial charge in [0.05, 0.1) is 10.4 Å². The highest BCUT2D eigenvalue weighted by molar-refractivity contribution is 7.12. The molecule has 4 nitrogen and oxygen atoms in total. The molecular weight excluding hydrogens is 336 g/mol. The zero-order chi connectivity index (χ0) is 17.2. The Hall–Kier alpha value is -2.42. The first kappa shape index (κ1) is 16.9. The number of halogens is 4. The van der Waals surface area contributed by atoms with Gasteiger partial charge in [-0.3, -0.25) is 9.59 Å². The van der Waals surface area contributed by atoms with Crippen LogP contribution in [0.15, 0.2) is 35.7 Å². The minimum absolute atomic E-state index is 0.0329. The van der Waals surface area contributed by atoms with Crippen molar-refractivity contribution in [2.24, 2.45) is 5.73 Å². The van der Waals surface area contributed by atoms with E-state index in [1.807, 2.05) is 5.32 Å². The van der Waals surface area contributed by atoms with Crippen molar-refractivity contribution >= 4 is 23.2 Å². The van der Waals surface area contributed by atoms with E-state index in [1.165, 1.54) is 5.38 Å². The summed E-state index contributed by atoms with van der Waals surface area (Å²) in [5, 5.41) is 3.11. The van der Waals surface area contributed by atoms with Gasteiger partial charge >= 0.3 is 6.18 Å². The smallest absolute Gasteiger partial charge is 0.366 e. The molecule has 0 aliphatic heterocycles. The molecule has 0 spiro atoms. The maximum Gasteiger partial charge on any atom is 0.412 e. The number of carbonyl (C=O) groups excluding carboxylic acids is 2. The maximum absolute atomic E-state index is 13.1. The Labute approximate surface area is 131 Å². The summed E-state index contributed by atoms with van der Waals surface area (Å²) in [6.07, 6.45) is -4.77. The molecule has 1 aromatic heterocycles. The third-order valence-corrected chi connectivity index (χ3v) is 3.84. The number of benzene rings is 1. The lowest BCUT2D eigenvalue weighted by Crippen LogP contribution is -2.37. The molecular formula is C14H10F4N2O2S. The number of primary amides is 1. The predicted octanol–water partition coefficient (Wildman–Crippen LogP) is 3.02. The van der Waals surface area contributed by atoms with Crippen molar-refractivity contribution in [1.82, 2.24) is 5.32 Å². The monoisotopic (exact) mass is 346 g/mol. The fourth-order valence-electron chi connectivity index (χ4n) is 1.80. The Morgan fingerprint density at radius 1 is 1.17 bits per heavy atom. The molecule has 1 unspecified atom stereocenters. The minimum atomic E-state index is -4.77. The summed E-state index contributed by atoms with van der Waals surface area (Å²) in [4.78, 5) is 22.8. The topological polar surface area (TPSA) is 72.2 Å². The molecule has 23 heavy (non-hydrogen) atoms. The fraction of sp³-hybridized carbons (Fsp3) is 0.143. The van der Waals surface area contributed by atoms with Crippen LogP contribution < -0.4 is 11.1 Å². The summed E-state index contributed by atoms with van der Waals surface area (Å²) in [6, 6.07) is 2.44. The van der Waals surface area contributed by atoms with Gasteiger partial charge < -0.3 is 11.1 Å². The molecule has 0 bridgehead atoms. The van der Waals surface area contributed by atoms with E-state index < -0.39 is 29.8 Å². The molecule has 1 atom stereocenters. The number of amides is 2. The Morgan fingerprint density at radius 3 is 2.26 bits per heavy atom. The minimum Gasteiger partial charge on any atom is -0.366 e. The summed E-state index contributed by atoms with van der Waals surface area (Å²) in [5.74, 6) is -2.48. The normalized spacial score (nSPS) is 12.7. The molecule has 0 radical (unpaired) electrons. The Balaban J connectivity index is 2.25. The van der Waals surface area contributed by atoms with Gasteiger partial charge in [-0.05, 0) is 23.8 Å². The number of nitrogens with one attached hydrogen (secondary N) is 1. The quantitative estimate of drug-likeness (QED) is 0.836. The van der Waals surface area contributed by atoms with Crippen molar-refractivity contribution in [2.45, 2.75) is 12.2 Å². The van der Waals surface area contributed by atoms with Crippen LogP contribution in [0.25, 0.3) is 0 Å². The van der Waals surface area contributed by atoms with E-state index in [-0.39, 0.29) is 16.0 Å². The molecule has 1 heterocycles. The molecule has 0 aliphatic rings. The zero-order valence-electron chi connectivity index (χ0n) is 11.4. The van der Waals surface area contributed by atoms with Gasteiger partial charge in [0, 0.05) is 5.38 Å². The van der Waals surface area contributed by atoms with Crippen LogP contribution in [0.5, 0.6) is 0 Å². The average Bonchev–Trinajstić information content (AvgIpc) is 2.94. The van der Waals surface area contributed by atoms with Crippen molar-refractivity contribution < 1.29 is 27.2 Å². The molecule has 122 valence electrons. The largest absolute Gasteiger partial charge is 0.412 e. The summed E-state index contributed by atoms with van der Waals surface area (Å²) < 4.78 is 52.3. The number of nitrogens with two attached hydrogens (primary N) is 1. The number of rotatable bonds is 4. The van der Waals surface area contributed by atoms with Gasteiger partial charge in [0.15, 0.2) is 6.04 Å². The van der Waals surface area contributed by atoms with Gasteiger partial charge in [0.1, 0.15) is 5.82 Å². The first-order valence-corrected chi connectivity index (χ1v) is 7.08. The number of thiophene rings is 1. The van der Waals surface area contributed by atoms with Gasteiger partial charge in [-0.2, -0.15) is 13.2 Å². The van der Waals surface area contributed by atoms with E-state index in [4.69, 9.17) is 5.73 Å². The summed E-state index contributed by atoms with van der Waals surface area (Å²) >= 11 is 0.796. The standard InChI is InChI=1S/C14H10F4N2O2S/c15-9-3-1-7(2-4-9)11(14(16,17)18)20-13(22)10-5-8(6-23-10)12(19)21/h1-6,11H,(H2,19,21)(H,20,22). The van der Waals surface area contributed by atoms with Crippen molar-refractivity contribution in [3.63, 3.8) is 0 Å². The van der Waals surface area contributed by atoms with Crippen molar-refractivity contribution in [3.8, 4) is 0 Å². The van der Waals surface area contributed by atoms with E-state index in [0.717, 1.165) is 41.7 Å². The van der Waals surface area contributed by atoms with Crippen LogP contribution in [0.2, 0.25) is 0 Å². The van der Waals surface area contributed by atoms with Crippen molar-refractivity contribution in [2.75, 3.05) is 0 Å². The highest BCUT2D eigenvalue weighted by Gasteiger charge is 2.42. The van der Waals surface area contributed by atoms with Crippen LogP contribution in [0, 0.1) is 5.82 Å². The second-order valence-corrected chi connectivity index (χ2v) is 5.47. The van der Waals surface area contributed by atoms with Crippen LogP contribution in [0.4, 0.5) is 17.6 Å². The summed E-state index contributed by atoms with van der Waals surface area (Å²) in [6.45, 7) is 0. The zero-order valence-corrected chi connectivity index (χ0v) is 12.2. The number of carbonyl (C=O) groups is 2. The van der Waals surface area contributed by atoms with Gasteiger partial charge in [-0.15, -0.1) is 11.3 Å². The molecule has 0 saturated carbocycles. The van der Waals surface area contributed by atoms with Crippen LogP contribution in [0.3, 0.4) is 0 Å². The lowest BCUT2D eigenvalue weighted by molar-refractivity contribution is -0.155. The van der Waals surface area contributed by atoms with E-state index in [0.29, 0.717) is 0 Å². The van der Waals surface area contributed by atoms with Crippen LogP contribution in [0.1, 0.15) is 31.6 Å². The van der Waals surface area contributed by atoms with Crippen molar-refractivity contribution in [3.05, 3.63) is 57.5 Å². The molecule has 0 saturated heterocycles. The first-order valence-electron chi connectivity index (χ1n) is 6.20. The molecule has 2 rings (SSSR count). The van der Waals surface area contributed by atoms with Crippen LogP contribution in [-0.4, -0.2) is 18.0 Å². The summed E-state index contributed by atoms with van der Waals surface area (Å²) in [5.41, 5.74) is 4.75. The summed E-state index contributed by atoms with van der Waals surface area (Å²) in [7, 11) is 0. The Morgan fingerprint density at radius 2 is 1.78 bits per heavy atom. The SMILES string of the molecule is NC(=O)c1csc(C(=O)NC(c2ccc(F)cc2)C(F)(F)F)c1. The van der Waals surface area contributed by atoms with E-state index in [9.17, 15) is 27.2 Å². The molecule has 1 aromatic carbocycles. The maximum atomic E-state index is 13.1. The van der Waals surface area contributed by atoms with Gasteiger partial charge in [-0.1, -0.05) is 12.1 Å². The third-order valence-electron chi connectivity index (χ3n) is 2.91. The Kier molecular flexibility index (Phi) is 4.69. The highest BCUT2D eigenvalue weighted by Crippen LogP contribution is 2.33. The van der Waals surface area contributed by atoms with Gasteiger partial charge in [0.2, 0.25) is 5.91 Å². The van der Waals surface area contributed by atoms with Crippen LogP contribution >= 0.6 is 11.3 Å². The lowest BCUT2D eigenvalue weighted by atomic mass is 10.1. The average molecular weight is 346 g/mol. The lowest BCUT2D eigenvalue weighted by Gasteiger charge is -2.21. The fourth-order valence-corrected chi connectivity index (χ4v) is 2.60. The van der Waals surface area contributed by atoms with E-state index in [1.54, 1.807) is 0 Å². The van der Waals surface area contributed by atoms with Crippen molar-refractivity contribution in [1.29, 1.82) is 0 Å². The number of alkyl halides is 3. The van der Waals surface area contributed by atoms with Gasteiger partial charge in [0.25, 0.3) is 5.91 Å². The number of hydrogen-bond acceptors (Lipinski definition) is 3. The third kappa shape index (κ3) is 4.07. The molecule has 0 fully saturated rings. The predicted molar refractivity (Wildman–Crippen MR) is 75.5 cm³/mol. The van der Waals surface area contributed by atoms with E-state index >= 15 is 0 Å². The molecule has 2 amide bonds. The second-order valence-electron chi connectivity index (χ2n) is 4.56. The van der Waals surface area contributed by atoms with Gasteiger partial charge in [-0.25, -0.2) is 4.39 Å². The second kappa shape index (κ2) is 6.37. The molecule has 2 aromatic rings. The van der Waals surface area contributed by atoms with E-state index in [2.05, 4.69) is 0 Å².